The number of ketones is 1. The monoisotopic (exact) mass is 547 g/mol. The number of Topliss-reactive ketones (excluding diaryl/α,β-unsaturated/α-hetero) is 1. The highest BCUT2D eigenvalue weighted by Gasteiger charge is 2.39. The second kappa shape index (κ2) is 11.9. The molecule has 1 N–H and O–H groups in total. The van der Waals surface area contributed by atoms with Crippen LogP contribution in [0, 0.1) is 6.92 Å². The van der Waals surface area contributed by atoms with Crippen molar-refractivity contribution < 1.29 is 23.9 Å². The van der Waals surface area contributed by atoms with Crippen LogP contribution in [0.4, 0.5) is 11.4 Å². The quantitative estimate of drug-likeness (QED) is 0.300. The van der Waals surface area contributed by atoms with E-state index < -0.39 is 36.1 Å². The summed E-state index contributed by atoms with van der Waals surface area (Å²) in [5.41, 5.74) is 3.59. The summed E-state index contributed by atoms with van der Waals surface area (Å²) in [5.74, 6) is -1.69. The molecule has 0 fully saturated rings. The molecule has 0 aromatic heterocycles. The molecule has 0 saturated heterocycles. The average molecular weight is 548 g/mol. The van der Waals surface area contributed by atoms with Gasteiger partial charge in [-0.3, -0.25) is 24.1 Å². The lowest BCUT2D eigenvalue weighted by Gasteiger charge is -2.33. The highest BCUT2D eigenvalue weighted by atomic mass is 16.5. The number of carbonyl (C=O) groups excluding carboxylic acids is 4. The normalized spacial score (nSPS) is 13.0. The molecule has 5 rings (SSSR count). The van der Waals surface area contributed by atoms with Gasteiger partial charge >= 0.3 is 0 Å². The number of anilines is 2. The first-order chi connectivity index (χ1) is 19.9. The Morgan fingerprint density at radius 1 is 0.854 bits per heavy atom. The molecule has 1 atom stereocenters. The van der Waals surface area contributed by atoms with Crippen LogP contribution in [-0.2, 0) is 20.9 Å². The molecule has 0 saturated carbocycles. The smallest absolute Gasteiger partial charge is 0.299 e. The van der Waals surface area contributed by atoms with E-state index in [-0.39, 0.29) is 12.1 Å². The standard InChI is InChI=1S/C33H29N3O5/c1-22-12-14-24(15-13-22)30(32(39)34-25-16-18-26(41-2)19-17-25)36(20-23-8-4-3-5-9-23)29(37)21-35-28-11-7-6-10-27(28)31(38)33(35)40/h3-19,30H,20-21H2,1-2H3,(H,34,39). The van der Waals surface area contributed by atoms with Crippen LogP contribution >= 0.6 is 0 Å². The average Bonchev–Trinajstić information content (AvgIpc) is 3.23. The predicted molar refractivity (Wildman–Crippen MR) is 156 cm³/mol. The van der Waals surface area contributed by atoms with E-state index in [4.69, 9.17) is 4.74 Å². The molecule has 0 radical (unpaired) electrons. The number of ether oxygens (including phenoxy) is 1. The van der Waals surface area contributed by atoms with Gasteiger partial charge in [-0.1, -0.05) is 72.3 Å². The van der Waals surface area contributed by atoms with Crippen LogP contribution in [0.1, 0.15) is 33.1 Å². The van der Waals surface area contributed by atoms with Gasteiger partial charge in [0.2, 0.25) is 5.91 Å². The SMILES string of the molecule is COc1ccc(NC(=O)C(c2ccc(C)cc2)N(Cc2ccccc2)C(=O)CN2C(=O)C(=O)c3ccccc32)cc1. The van der Waals surface area contributed by atoms with E-state index >= 15 is 0 Å². The number of aryl methyl sites for hydroxylation is 1. The maximum atomic E-state index is 14.1. The van der Waals surface area contributed by atoms with Gasteiger partial charge in [-0.05, 0) is 54.4 Å². The minimum Gasteiger partial charge on any atom is -0.497 e. The van der Waals surface area contributed by atoms with Gasteiger partial charge in [0.05, 0.1) is 18.4 Å². The molecule has 1 aliphatic heterocycles. The lowest BCUT2D eigenvalue weighted by atomic mass is 10.0. The molecule has 4 aromatic carbocycles. The van der Waals surface area contributed by atoms with Crippen molar-refractivity contribution in [2.24, 2.45) is 0 Å². The van der Waals surface area contributed by atoms with E-state index in [0.717, 1.165) is 11.1 Å². The molecule has 206 valence electrons. The molecule has 41 heavy (non-hydrogen) atoms. The zero-order valence-corrected chi connectivity index (χ0v) is 22.7. The van der Waals surface area contributed by atoms with Gasteiger partial charge in [-0.2, -0.15) is 0 Å². The summed E-state index contributed by atoms with van der Waals surface area (Å²) in [6, 6.07) is 29.2. The maximum Gasteiger partial charge on any atom is 0.299 e. The molecule has 0 spiro atoms. The number of carbonyl (C=O) groups is 4. The Kier molecular flexibility index (Phi) is 7.92. The van der Waals surface area contributed by atoms with Crippen molar-refractivity contribution >= 4 is 34.9 Å². The van der Waals surface area contributed by atoms with Crippen LogP contribution in [0.3, 0.4) is 0 Å². The summed E-state index contributed by atoms with van der Waals surface area (Å²) in [6.07, 6.45) is 0. The van der Waals surface area contributed by atoms with Gasteiger partial charge in [-0.15, -0.1) is 0 Å². The fourth-order valence-electron chi connectivity index (χ4n) is 4.84. The summed E-state index contributed by atoms with van der Waals surface area (Å²) >= 11 is 0. The molecule has 0 bridgehead atoms. The third kappa shape index (κ3) is 5.86. The highest BCUT2D eigenvalue weighted by molar-refractivity contribution is 6.52. The molecule has 1 aliphatic rings. The number of para-hydroxylation sites is 1. The molecular weight excluding hydrogens is 518 g/mol. The summed E-state index contributed by atoms with van der Waals surface area (Å²) in [5, 5.41) is 2.93. The van der Waals surface area contributed by atoms with Crippen LogP contribution in [0.15, 0.2) is 103 Å². The number of fused-ring (bicyclic) bond motifs is 1. The van der Waals surface area contributed by atoms with E-state index in [2.05, 4.69) is 5.32 Å². The number of rotatable bonds is 9. The molecule has 1 heterocycles. The summed E-state index contributed by atoms with van der Waals surface area (Å²) < 4.78 is 5.22. The fraction of sp³-hybridized carbons (Fsp3) is 0.152. The van der Waals surface area contributed by atoms with E-state index in [0.29, 0.717) is 22.7 Å². The first kappa shape index (κ1) is 27.3. The number of hydrogen-bond acceptors (Lipinski definition) is 5. The first-order valence-corrected chi connectivity index (χ1v) is 13.2. The number of nitrogens with one attached hydrogen (secondary N) is 1. The zero-order chi connectivity index (χ0) is 28.9. The van der Waals surface area contributed by atoms with Gasteiger partial charge < -0.3 is 15.0 Å². The van der Waals surface area contributed by atoms with Crippen LogP contribution in [0.25, 0.3) is 0 Å². The van der Waals surface area contributed by atoms with Crippen molar-refractivity contribution in [1.29, 1.82) is 0 Å². The third-order valence-corrected chi connectivity index (χ3v) is 7.00. The van der Waals surface area contributed by atoms with E-state index in [1.807, 2.05) is 61.5 Å². The van der Waals surface area contributed by atoms with Crippen molar-refractivity contribution in [1.82, 2.24) is 4.90 Å². The second-order valence-electron chi connectivity index (χ2n) is 9.78. The minimum atomic E-state index is -1.03. The molecule has 8 nitrogen and oxygen atoms in total. The van der Waals surface area contributed by atoms with E-state index in [1.54, 1.807) is 55.6 Å². The number of methoxy groups -OCH3 is 1. The number of amides is 3. The van der Waals surface area contributed by atoms with Gasteiger partial charge in [0, 0.05) is 12.2 Å². The van der Waals surface area contributed by atoms with Crippen molar-refractivity contribution in [3.05, 3.63) is 125 Å². The molecule has 3 amide bonds. The Morgan fingerprint density at radius 3 is 2.20 bits per heavy atom. The van der Waals surface area contributed by atoms with Crippen LogP contribution < -0.4 is 15.0 Å². The largest absolute Gasteiger partial charge is 0.497 e. The van der Waals surface area contributed by atoms with Gasteiger partial charge in [-0.25, -0.2) is 0 Å². The molecule has 8 heteroatoms. The van der Waals surface area contributed by atoms with Crippen molar-refractivity contribution in [2.75, 3.05) is 23.9 Å². The van der Waals surface area contributed by atoms with Gasteiger partial charge in [0.25, 0.3) is 17.6 Å². The summed E-state index contributed by atoms with van der Waals surface area (Å²) in [7, 11) is 1.56. The third-order valence-electron chi connectivity index (χ3n) is 7.00. The van der Waals surface area contributed by atoms with Crippen molar-refractivity contribution in [3.8, 4) is 5.75 Å². The number of hydrogen-bond donors (Lipinski definition) is 1. The number of nitrogens with zero attached hydrogens (tertiary/aromatic N) is 2. The van der Waals surface area contributed by atoms with Crippen LogP contribution in [-0.4, -0.2) is 42.1 Å². The Hall–Kier alpha value is -5.24. The Balaban J connectivity index is 1.53. The second-order valence-corrected chi connectivity index (χ2v) is 9.78. The van der Waals surface area contributed by atoms with Gasteiger partial charge in [0.1, 0.15) is 18.3 Å². The van der Waals surface area contributed by atoms with E-state index in [9.17, 15) is 19.2 Å². The van der Waals surface area contributed by atoms with Crippen LogP contribution in [0.2, 0.25) is 0 Å². The fourth-order valence-corrected chi connectivity index (χ4v) is 4.84. The lowest BCUT2D eigenvalue weighted by Crippen LogP contribution is -2.46. The Labute approximate surface area is 238 Å². The molecule has 4 aromatic rings. The Morgan fingerprint density at radius 2 is 1.51 bits per heavy atom. The van der Waals surface area contributed by atoms with E-state index in [1.165, 1.54) is 9.80 Å². The summed E-state index contributed by atoms with van der Waals surface area (Å²) in [6.45, 7) is 1.65. The highest BCUT2D eigenvalue weighted by Crippen LogP contribution is 2.31. The summed E-state index contributed by atoms with van der Waals surface area (Å²) in [4.78, 5) is 56.2. The Bertz CT molecular complexity index is 1580. The minimum absolute atomic E-state index is 0.103. The van der Waals surface area contributed by atoms with Gasteiger partial charge in [0.15, 0.2) is 0 Å². The van der Waals surface area contributed by atoms with Crippen molar-refractivity contribution in [2.45, 2.75) is 19.5 Å². The molecule has 1 unspecified atom stereocenters. The lowest BCUT2D eigenvalue weighted by molar-refractivity contribution is -0.139. The molecule has 0 aliphatic carbocycles. The molecular formula is C33H29N3O5. The van der Waals surface area contributed by atoms with Crippen molar-refractivity contribution in [3.63, 3.8) is 0 Å². The first-order valence-electron chi connectivity index (χ1n) is 13.2. The topological polar surface area (TPSA) is 96.0 Å². The van der Waals surface area contributed by atoms with Crippen LogP contribution in [0.5, 0.6) is 5.75 Å². The maximum absolute atomic E-state index is 14.1. The number of benzene rings is 4. The zero-order valence-electron chi connectivity index (χ0n) is 22.7. The predicted octanol–water partition coefficient (Wildman–Crippen LogP) is 4.94.